The van der Waals surface area contributed by atoms with Crippen LogP contribution in [0.25, 0.3) is 6.08 Å². The smallest absolute Gasteiger partial charge is 0.304 e. The molecule has 2 rings (SSSR count). The average Bonchev–Trinajstić information content (AvgIpc) is 2.60. The van der Waals surface area contributed by atoms with Crippen molar-refractivity contribution >= 4 is 27.9 Å². The Labute approximate surface area is 145 Å². The average molecular weight is 359 g/mol. The molecule has 0 unspecified atom stereocenters. The minimum Gasteiger partial charge on any atom is -0.481 e. The molecule has 0 fully saturated rings. The Balaban J connectivity index is 2.05. The molecule has 0 amide bonds. The van der Waals surface area contributed by atoms with Crippen molar-refractivity contribution in [2.45, 2.75) is 11.3 Å². The second-order valence-electron chi connectivity index (χ2n) is 5.17. The molecule has 0 saturated carbocycles. The topological polar surface area (TPSA) is 101 Å². The second kappa shape index (κ2) is 8.36. The van der Waals surface area contributed by atoms with E-state index in [2.05, 4.69) is 4.72 Å². The summed E-state index contributed by atoms with van der Waals surface area (Å²) in [6.07, 6.45) is 2.80. The van der Waals surface area contributed by atoms with Crippen LogP contribution in [0, 0.1) is 0 Å². The molecule has 0 aliphatic rings. The second-order valence-corrected chi connectivity index (χ2v) is 6.94. The van der Waals surface area contributed by atoms with E-state index in [0.717, 1.165) is 5.56 Å². The lowest BCUT2D eigenvalue weighted by Crippen LogP contribution is -2.26. The number of sulfonamides is 1. The van der Waals surface area contributed by atoms with Crippen LogP contribution in [0.15, 0.2) is 65.6 Å². The van der Waals surface area contributed by atoms with E-state index in [1.54, 1.807) is 6.08 Å². The van der Waals surface area contributed by atoms with Crippen LogP contribution in [-0.2, 0) is 14.8 Å². The lowest BCUT2D eigenvalue weighted by Gasteiger charge is -2.06. The van der Waals surface area contributed by atoms with Gasteiger partial charge in [-0.2, -0.15) is 0 Å². The van der Waals surface area contributed by atoms with Gasteiger partial charge in [-0.25, -0.2) is 13.1 Å². The first-order valence-electron chi connectivity index (χ1n) is 7.47. The molecule has 7 heteroatoms. The summed E-state index contributed by atoms with van der Waals surface area (Å²) in [7, 11) is -3.80. The van der Waals surface area contributed by atoms with Crippen molar-refractivity contribution in [3.8, 4) is 0 Å². The molecule has 0 atom stereocenters. The fraction of sp³-hybridized carbons (Fsp3) is 0.111. The molecule has 0 heterocycles. The molecule has 0 aromatic heterocycles. The third-order valence-corrected chi connectivity index (χ3v) is 4.78. The molecule has 25 heavy (non-hydrogen) atoms. The highest BCUT2D eigenvalue weighted by molar-refractivity contribution is 7.89. The molecule has 0 aliphatic carbocycles. The summed E-state index contributed by atoms with van der Waals surface area (Å²) in [5.41, 5.74) is 1.24. The number of benzene rings is 2. The van der Waals surface area contributed by atoms with Gasteiger partial charge in [0.2, 0.25) is 10.0 Å². The predicted octanol–water partition coefficient (Wildman–Crippen LogP) is 2.34. The predicted molar refractivity (Wildman–Crippen MR) is 93.7 cm³/mol. The van der Waals surface area contributed by atoms with Crippen LogP contribution < -0.4 is 4.72 Å². The third-order valence-electron chi connectivity index (χ3n) is 3.31. The van der Waals surface area contributed by atoms with Gasteiger partial charge < -0.3 is 5.11 Å². The molecule has 2 N–H and O–H groups in total. The first kappa shape index (κ1) is 18.6. The summed E-state index contributed by atoms with van der Waals surface area (Å²) in [4.78, 5) is 22.5. The van der Waals surface area contributed by atoms with Gasteiger partial charge in [-0.1, -0.05) is 36.4 Å². The third kappa shape index (κ3) is 5.66. The summed E-state index contributed by atoms with van der Waals surface area (Å²) in [6, 6.07) is 14.8. The molecule has 0 radical (unpaired) electrons. The summed E-state index contributed by atoms with van der Waals surface area (Å²) in [6.45, 7) is -0.196. The first-order chi connectivity index (χ1) is 11.9. The summed E-state index contributed by atoms with van der Waals surface area (Å²) in [5.74, 6) is -1.33. The molecule has 0 bridgehead atoms. The van der Waals surface area contributed by atoms with Crippen LogP contribution in [0.2, 0.25) is 0 Å². The molecule has 2 aromatic rings. The van der Waals surface area contributed by atoms with Crippen molar-refractivity contribution in [2.75, 3.05) is 6.54 Å². The first-order valence-corrected chi connectivity index (χ1v) is 8.96. The van der Waals surface area contributed by atoms with Crippen LogP contribution >= 0.6 is 0 Å². The van der Waals surface area contributed by atoms with Crippen LogP contribution in [0.3, 0.4) is 0 Å². The van der Waals surface area contributed by atoms with Gasteiger partial charge in [0.15, 0.2) is 5.78 Å². The SMILES string of the molecule is O=C(O)CCNS(=O)(=O)c1ccc(C(=O)/C=C/c2ccccc2)cc1. The Morgan fingerprint density at radius 2 is 1.64 bits per heavy atom. The quantitative estimate of drug-likeness (QED) is 0.556. The zero-order valence-electron chi connectivity index (χ0n) is 13.3. The highest BCUT2D eigenvalue weighted by atomic mass is 32.2. The Kier molecular flexibility index (Phi) is 6.21. The van der Waals surface area contributed by atoms with E-state index in [-0.39, 0.29) is 23.6 Å². The Morgan fingerprint density at radius 3 is 2.24 bits per heavy atom. The maximum Gasteiger partial charge on any atom is 0.304 e. The molecule has 0 saturated heterocycles. The van der Waals surface area contributed by atoms with Crippen molar-refractivity contribution in [1.29, 1.82) is 0 Å². The Morgan fingerprint density at radius 1 is 1.00 bits per heavy atom. The lowest BCUT2D eigenvalue weighted by atomic mass is 10.1. The van der Waals surface area contributed by atoms with Crippen molar-refractivity contribution < 1.29 is 23.1 Å². The lowest BCUT2D eigenvalue weighted by molar-refractivity contribution is -0.136. The number of carboxylic acid groups (broad SMARTS) is 1. The van der Waals surface area contributed by atoms with E-state index < -0.39 is 16.0 Å². The number of allylic oxidation sites excluding steroid dienone is 1. The minimum atomic E-state index is -3.80. The number of aliphatic carboxylic acids is 1. The maximum absolute atomic E-state index is 12.1. The highest BCUT2D eigenvalue weighted by Gasteiger charge is 2.14. The maximum atomic E-state index is 12.1. The molecule has 6 nitrogen and oxygen atoms in total. The van der Waals surface area contributed by atoms with Crippen molar-refractivity contribution in [3.05, 3.63) is 71.8 Å². The van der Waals surface area contributed by atoms with Crippen LogP contribution in [0.4, 0.5) is 0 Å². The number of carbonyl (C=O) groups is 2. The minimum absolute atomic E-state index is 0.0264. The van der Waals surface area contributed by atoms with Gasteiger partial charge in [-0.05, 0) is 35.9 Å². The van der Waals surface area contributed by atoms with Crippen LogP contribution in [0.5, 0.6) is 0 Å². The van der Waals surface area contributed by atoms with Gasteiger partial charge in [-0.3, -0.25) is 9.59 Å². The fourth-order valence-corrected chi connectivity index (χ4v) is 3.04. The van der Waals surface area contributed by atoms with Crippen LogP contribution in [-0.4, -0.2) is 31.8 Å². The van der Waals surface area contributed by atoms with Crippen LogP contribution in [0.1, 0.15) is 22.3 Å². The number of hydrogen-bond acceptors (Lipinski definition) is 4. The number of hydrogen-bond donors (Lipinski definition) is 2. The van der Waals surface area contributed by atoms with Gasteiger partial charge in [0.05, 0.1) is 11.3 Å². The number of carbonyl (C=O) groups excluding carboxylic acids is 1. The normalized spacial score (nSPS) is 11.5. The zero-order valence-corrected chi connectivity index (χ0v) is 14.1. The molecular formula is C18H17NO5S. The van der Waals surface area contributed by atoms with Crippen molar-refractivity contribution in [3.63, 3.8) is 0 Å². The van der Waals surface area contributed by atoms with E-state index >= 15 is 0 Å². The number of ketones is 1. The molecule has 130 valence electrons. The number of rotatable bonds is 8. The summed E-state index contributed by atoms with van der Waals surface area (Å²) >= 11 is 0. The molecular weight excluding hydrogens is 342 g/mol. The monoisotopic (exact) mass is 359 g/mol. The molecule has 2 aromatic carbocycles. The summed E-state index contributed by atoms with van der Waals surface area (Å²) < 4.78 is 26.2. The van der Waals surface area contributed by atoms with Crippen molar-refractivity contribution in [1.82, 2.24) is 4.72 Å². The van der Waals surface area contributed by atoms with Gasteiger partial charge in [0.25, 0.3) is 0 Å². The van der Waals surface area contributed by atoms with E-state index in [9.17, 15) is 18.0 Å². The van der Waals surface area contributed by atoms with Gasteiger partial charge >= 0.3 is 5.97 Å². The largest absolute Gasteiger partial charge is 0.481 e. The van der Waals surface area contributed by atoms with Crippen molar-refractivity contribution in [2.24, 2.45) is 0 Å². The Bertz CT molecular complexity index is 871. The molecule has 0 spiro atoms. The van der Waals surface area contributed by atoms with Gasteiger partial charge in [-0.15, -0.1) is 0 Å². The highest BCUT2D eigenvalue weighted by Crippen LogP contribution is 2.12. The van der Waals surface area contributed by atoms with E-state index in [1.165, 1.54) is 30.3 Å². The fourth-order valence-electron chi connectivity index (χ4n) is 2.01. The Hall–Kier alpha value is -2.77. The summed E-state index contributed by atoms with van der Waals surface area (Å²) in [5, 5.41) is 8.53. The number of carboxylic acids is 1. The zero-order chi connectivity index (χ0) is 18.3. The molecule has 0 aliphatic heterocycles. The number of nitrogens with one attached hydrogen (secondary N) is 1. The van der Waals surface area contributed by atoms with E-state index in [0.29, 0.717) is 5.56 Å². The van der Waals surface area contributed by atoms with Gasteiger partial charge in [0, 0.05) is 12.1 Å². The standard InChI is InChI=1S/C18H17NO5S/c20-17(11-6-14-4-2-1-3-5-14)15-7-9-16(10-8-15)25(23,24)19-13-12-18(21)22/h1-11,19H,12-13H2,(H,21,22)/b11-6+. The van der Waals surface area contributed by atoms with E-state index in [1.807, 2.05) is 30.3 Å². The van der Waals surface area contributed by atoms with Gasteiger partial charge in [0.1, 0.15) is 0 Å². The van der Waals surface area contributed by atoms with E-state index in [4.69, 9.17) is 5.11 Å².